The van der Waals surface area contributed by atoms with E-state index in [1.54, 1.807) is 26.1 Å². The normalized spacial score (nSPS) is 14.7. The molecule has 0 bridgehead atoms. The standard InChI is InChI=1S/C16H19FN2O2/c1-11(12-3-5-13(17)6-4-12)9-16(21)19(2)10-15(20)18-14-7-8-14/h3-6,9,14H,7-8,10H2,1-2H3,(H,18,20)/b11-9+. The summed E-state index contributed by atoms with van der Waals surface area (Å²) in [5.41, 5.74) is 1.51. The minimum atomic E-state index is -0.313. The Labute approximate surface area is 123 Å². The van der Waals surface area contributed by atoms with Crippen LogP contribution in [0.15, 0.2) is 30.3 Å². The molecule has 1 aromatic rings. The van der Waals surface area contributed by atoms with Crippen molar-refractivity contribution in [2.45, 2.75) is 25.8 Å². The molecule has 1 aliphatic carbocycles. The van der Waals surface area contributed by atoms with Gasteiger partial charge in [0.2, 0.25) is 11.8 Å². The number of carbonyl (C=O) groups excluding carboxylic acids is 2. The molecule has 1 fully saturated rings. The second-order valence-electron chi connectivity index (χ2n) is 5.37. The Morgan fingerprint density at radius 3 is 2.52 bits per heavy atom. The van der Waals surface area contributed by atoms with Gasteiger partial charge in [-0.2, -0.15) is 0 Å². The molecular formula is C16H19FN2O2. The second-order valence-corrected chi connectivity index (χ2v) is 5.37. The van der Waals surface area contributed by atoms with E-state index in [2.05, 4.69) is 5.32 Å². The van der Waals surface area contributed by atoms with Crippen molar-refractivity contribution >= 4 is 17.4 Å². The predicted octanol–water partition coefficient (Wildman–Crippen LogP) is 1.97. The number of rotatable bonds is 5. The molecule has 2 rings (SSSR count). The van der Waals surface area contributed by atoms with Crippen molar-refractivity contribution in [2.24, 2.45) is 0 Å². The first-order valence-corrected chi connectivity index (χ1v) is 6.94. The van der Waals surface area contributed by atoms with Gasteiger partial charge in [-0.05, 0) is 43.0 Å². The van der Waals surface area contributed by atoms with E-state index in [0.717, 1.165) is 24.0 Å². The summed E-state index contributed by atoms with van der Waals surface area (Å²) < 4.78 is 12.9. The quantitative estimate of drug-likeness (QED) is 0.843. The molecule has 1 saturated carbocycles. The Hall–Kier alpha value is -2.17. The summed E-state index contributed by atoms with van der Waals surface area (Å²) in [6, 6.07) is 6.23. The van der Waals surface area contributed by atoms with Crippen LogP contribution in [0.25, 0.3) is 5.57 Å². The van der Waals surface area contributed by atoms with Gasteiger partial charge in [-0.25, -0.2) is 4.39 Å². The second kappa shape index (κ2) is 6.52. The maximum absolute atomic E-state index is 12.9. The van der Waals surface area contributed by atoms with Gasteiger partial charge in [0, 0.05) is 19.2 Å². The fourth-order valence-electron chi connectivity index (χ4n) is 1.89. The number of hydrogen-bond donors (Lipinski definition) is 1. The highest BCUT2D eigenvalue weighted by molar-refractivity contribution is 5.96. The van der Waals surface area contributed by atoms with Gasteiger partial charge in [-0.15, -0.1) is 0 Å². The SMILES string of the molecule is C/C(=C\C(=O)N(C)CC(=O)NC1CC1)c1ccc(F)cc1. The summed E-state index contributed by atoms with van der Waals surface area (Å²) in [4.78, 5) is 25.0. The van der Waals surface area contributed by atoms with Crippen molar-refractivity contribution < 1.29 is 14.0 Å². The Kier molecular flexibility index (Phi) is 4.73. The third kappa shape index (κ3) is 4.70. The van der Waals surface area contributed by atoms with Crippen LogP contribution in [0.2, 0.25) is 0 Å². The van der Waals surface area contributed by atoms with Crippen LogP contribution in [-0.2, 0) is 9.59 Å². The van der Waals surface area contributed by atoms with Gasteiger partial charge in [0.15, 0.2) is 0 Å². The molecule has 0 heterocycles. The lowest BCUT2D eigenvalue weighted by molar-refractivity contribution is -0.131. The average molecular weight is 290 g/mol. The maximum Gasteiger partial charge on any atom is 0.247 e. The molecule has 0 atom stereocenters. The first-order chi connectivity index (χ1) is 9.95. The van der Waals surface area contributed by atoms with E-state index in [1.807, 2.05) is 0 Å². The van der Waals surface area contributed by atoms with E-state index in [0.29, 0.717) is 0 Å². The Morgan fingerprint density at radius 2 is 1.95 bits per heavy atom. The first kappa shape index (κ1) is 15.2. The largest absolute Gasteiger partial charge is 0.352 e. The Morgan fingerprint density at radius 1 is 1.33 bits per heavy atom. The topological polar surface area (TPSA) is 49.4 Å². The minimum Gasteiger partial charge on any atom is -0.352 e. The van der Waals surface area contributed by atoms with Crippen LogP contribution in [0.1, 0.15) is 25.3 Å². The lowest BCUT2D eigenvalue weighted by Crippen LogP contribution is -2.38. The van der Waals surface area contributed by atoms with Gasteiger partial charge in [-0.1, -0.05) is 12.1 Å². The highest BCUT2D eigenvalue weighted by atomic mass is 19.1. The van der Waals surface area contributed by atoms with E-state index < -0.39 is 0 Å². The van der Waals surface area contributed by atoms with E-state index in [9.17, 15) is 14.0 Å². The predicted molar refractivity (Wildman–Crippen MR) is 78.9 cm³/mol. The minimum absolute atomic E-state index is 0.0442. The van der Waals surface area contributed by atoms with Crippen LogP contribution in [0.4, 0.5) is 4.39 Å². The molecule has 0 saturated heterocycles. The number of benzene rings is 1. The number of hydrogen-bond acceptors (Lipinski definition) is 2. The highest BCUT2D eigenvalue weighted by Crippen LogP contribution is 2.18. The molecule has 21 heavy (non-hydrogen) atoms. The zero-order chi connectivity index (χ0) is 15.4. The summed E-state index contributed by atoms with van der Waals surface area (Å²) in [7, 11) is 1.59. The molecule has 0 aromatic heterocycles. The van der Waals surface area contributed by atoms with Crippen LogP contribution < -0.4 is 5.32 Å². The van der Waals surface area contributed by atoms with E-state index in [4.69, 9.17) is 0 Å². The van der Waals surface area contributed by atoms with Crippen LogP contribution in [0, 0.1) is 5.82 Å². The maximum atomic E-state index is 12.9. The zero-order valence-corrected chi connectivity index (χ0v) is 12.2. The highest BCUT2D eigenvalue weighted by Gasteiger charge is 2.24. The third-order valence-corrected chi connectivity index (χ3v) is 3.34. The number of nitrogens with zero attached hydrogens (tertiary/aromatic N) is 1. The number of likely N-dealkylation sites (N-methyl/N-ethyl adjacent to an activating group) is 1. The molecule has 4 nitrogen and oxygen atoms in total. The van der Waals surface area contributed by atoms with Crippen LogP contribution in [0.3, 0.4) is 0 Å². The van der Waals surface area contributed by atoms with E-state index >= 15 is 0 Å². The number of allylic oxidation sites excluding steroid dienone is 1. The molecular weight excluding hydrogens is 271 g/mol. The average Bonchev–Trinajstić information content (AvgIpc) is 3.22. The monoisotopic (exact) mass is 290 g/mol. The number of amides is 2. The van der Waals surface area contributed by atoms with Crippen molar-refractivity contribution in [3.05, 3.63) is 41.7 Å². The van der Waals surface area contributed by atoms with Crippen LogP contribution in [-0.4, -0.2) is 36.3 Å². The van der Waals surface area contributed by atoms with Crippen LogP contribution in [0.5, 0.6) is 0 Å². The first-order valence-electron chi connectivity index (χ1n) is 6.94. The summed E-state index contributed by atoms with van der Waals surface area (Å²) in [6.07, 6.45) is 3.50. The van der Waals surface area contributed by atoms with Gasteiger partial charge in [0.25, 0.3) is 0 Å². The smallest absolute Gasteiger partial charge is 0.247 e. The van der Waals surface area contributed by atoms with Crippen molar-refractivity contribution in [1.82, 2.24) is 10.2 Å². The van der Waals surface area contributed by atoms with Gasteiger partial charge >= 0.3 is 0 Å². The molecule has 0 aliphatic heterocycles. The van der Waals surface area contributed by atoms with Crippen molar-refractivity contribution in [3.8, 4) is 0 Å². The van der Waals surface area contributed by atoms with Gasteiger partial charge in [0.05, 0.1) is 6.54 Å². The molecule has 0 spiro atoms. The molecule has 112 valence electrons. The van der Waals surface area contributed by atoms with Crippen LogP contribution >= 0.6 is 0 Å². The molecule has 5 heteroatoms. The number of nitrogens with one attached hydrogen (secondary N) is 1. The number of carbonyl (C=O) groups is 2. The summed E-state index contributed by atoms with van der Waals surface area (Å²) >= 11 is 0. The zero-order valence-electron chi connectivity index (χ0n) is 12.2. The lowest BCUT2D eigenvalue weighted by atomic mass is 10.1. The fourth-order valence-corrected chi connectivity index (χ4v) is 1.89. The molecule has 0 radical (unpaired) electrons. The molecule has 1 aliphatic rings. The molecule has 0 unspecified atom stereocenters. The summed E-state index contributed by atoms with van der Waals surface area (Å²) in [6.45, 7) is 1.83. The Balaban J connectivity index is 1.93. The number of halogens is 1. The molecule has 1 N–H and O–H groups in total. The lowest BCUT2D eigenvalue weighted by Gasteiger charge is -2.15. The van der Waals surface area contributed by atoms with Crippen molar-refractivity contribution in [3.63, 3.8) is 0 Å². The summed E-state index contributed by atoms with van der Waals surface area (Å²) in [5.74, 6) is -0.698. The van der Waals surface area contributed by atoms with Crippen molar-refractivity contribution in [1.29, 1.82) is 0 Å². The van der Waals surface area contributed by atoms with E-state index in [1.165, 1.54) is 23.1 Å². The van der Waals surface area contributed by atoms with Gasteiger partial charge < -0.3 is 10.2 Å². The summed E-state index contributed by atoms with van der Waals surface area (Å²) in [5, 5.41) is 2.84. The Bertz CT molecular complexity index is 562. The fraction of sp³-hybridized carbons (Fsp3) is 0.375. The van der Waals surface area contributed by atoms with Gasteiger partial charge in [-0.3, -0.25) is 9.59 Å². The van der Waals surface area contributed by atoms with Crippen molar-refractivity contribution in [2.75, 3.05) is 13.6 Å². The molecule has 1 aromatic carbocycles. The van der Waals surface area contributed by atoms with Gasteiger partial charge in [0.1, 0.15) is 5.82 Å². The van der Waals surface area contributed by atoms with E-state index in [-0.39, 0.29) is 30.2 Å². The molecule has 2 amide bonds. The third-order valence-electron chi connectivity index (χ3n) is 3.34.